The highest BCUT2D eigenvalue weighted by Crippen LogP contribution is 2.38. The van der Waals surface area contributed by atoms with Crippen LogP contribution in [0.5, 0.6) is 0 Å². The first kappa shape index (κ1) is 14.1. The normalized spacial score (nSPS) is 10.9. The lowest BCUT2D eigenvalue weighted by atomic mass is 9.70. The van der Waals surface area contributed by atoms with Gasteiger partial charge in [0.25, 0.3) is 0 Å². The molecule has 0 bridgehead atoms. The smallest absolute Gasteiger partial charge is 0.132 e. The zero-order valence-corrected chi connectivity index (χ0v) is 12.5. The maximum Gasteiger partial charge on any atom is 0.132 e. The summed E-state index contributed by atoms with van der Waals surface area (Å²) in [5, 5.41) is 10.2. The molecule has 0 unspecified atom stereocenters. The predicted octanol–water partition coefficient (Wildman–Crippen LogP) is 4.85. The fourth-order valence-electron chi connectivity index (χ4n) is 2.87. The van der Waals surface area contributed by atoms with Gasteiger partial charge in [-0.3, -0.25) is 0 Å². The van der Waals surface area contributed by atoms with Crippen LogP contribution in [0.3, 0.4) is 0 Å². The number of hydrogen-bond donors (Lipinski definition) is 0. The van der Waals surface area contributed by atoms with Crippen LogP contribution in [0.4, 0.5) is 0 Å². The van der Waals surface area contributed by atoms with E-state index in [4.69, 9.17) is 0 Å². The van der Waals surface area contributed by atoms with Crippen LogP contribution in [-0.4, -0.2) is 0 Å². The number of nitriles is 1. The molecule has 3 aromatic carbocycles. The molecule has 0 aliphatic rings. The van der Waals surface area contributed by atoms with Gasteiger partial charge in [-0.05, 0) is 23.6 Å². The Bertz CT molecular complexity index is 741. The standard InChI is InChI=1S/C21H17N/c1-17-12-14-20(15-13-17)21(16-22,18-8-4-2-5-9-18)19-10-6-3-7-11-19/h2-15H,1H3. The summed E-state index contributed by atoms with van der Waals surface area (Å²) < 4.78 is 0. The Balaban J connectivity index is 2.31. The third-order valence-electron chi connectivity index (χ3n) is 4.07. The molecule has 0 saturated carbocycles. The maximum absolute atomic E-state index is 10.2. The van der Waals surface area contributed by atoms with Crippen molar-refractivity contribution in [3.63, 3.8) is 0 Å². The summed E-state index contributed by atoms with van der Waals surface area (Å²) in [5.74, 6) is 0. The van der Waals surface area contributed by atoms with E-state index in [2.05, 4.69) is 37.3 Å². The topological polar surface area (TPSA) is 23.8 Å². The van der Waals surface area contributed by atoms with Crippen molar-refractivity contribution in [2.45, 2.75) is 12.3 Å². The molecule has 0 heterocycles. The van der Waals surface area contributed by atoms with Crippen LogP contribution in [0.15, 0.2) is 84.9 Å². The number of nitrogens with zero attached hydrogens (tertiary/aromatic N) is 1. The Morgan fingerprint density at radius 2 is 1.05 bits per heavy atom. The molecule has 0 aliphatic carbocycles. The summed E-state index contributed by atoms with van der Waals surface area (Å²) in [6.07, 6.45) is 0. The van der Waals surface area contributed by atoms with E-state index in [0.717, 1.165) is 16.7 Å². The van der Waals surface area contributed by atoms with Gasteiger partial charge in [0.15, 0.2) is 0 Å². The maximum atomic E-state index is 10.2. The van der Waals surface area contributed by atoms with Gasteiger partial charge in [0.05, 0.1) is 6.07 Å². The van der Waals surface area contributed by atoms with Crippen molar-refractivity contribution >= 4 is 0 Å². The van der Waals surface area contributed by atoms with E-state index < -0.39 is 5.41 Å². The summed E-state index contributed by atoms with van der Waals surface area (Å²) >= 11 is 0. The van der Waals surface area contributed by atoms with Crippen LogP contribution in [0.25, 0.3) is 0 Å². The third kappa shape index (κ3) is 2.29. The largest absolute Gasteiger partial charge is 0.197 e. The Kier molecular flexibility index (Phi) is 3.76. The highest BCUT2D eigenvalue weighted by molar-refractivity contribution is 5.56. The minimum Gasteiger partial charge on any atom is -0.197 e. The van der Waals surface area contributed by atoms with Crippen molar-refractivity contribution in [1.29, 1.82) is 5.26 Å². The van der Waals surface area contributed by atoms with Crippen molar-refractivity contribution in [2.24, 2.45) is 0 Å². The van der Waals surface area contributed by atoms with Crippen molar-refractivity contribution < 1.29 is 0 Å². The van der Waals surface area contributed by atoms with E-state index >= 15 is 0 Å². The summed E-state index contributed by atoms with van der Waals surface area (Å²) in [7, 11) is 0. The predicted molar refractivity (Wildman–Crippen MR) is 89.6 cm³/mol. The van der Waals surface area contributed by atoms with Gasteiger partial charge < -0.3 is 0 Å². The van der Waals surface area contributed by atoms with Crippen LogP contribution in [-0.2, 0) is 5.41 Å². The molecular formula is C21H17N. The third-order valence-corrected chi connectivity index (χ3v) is 4.07. The molecule has 0 fully saturated rings. The second-order valence-corrected chi connectivity index (χ2v) is 5.46. The summed E-state index contributed by atoms with van der Waals surface area (Å²) in [4.78, 5) is 0. The molecule has 0 radical (unpaired) electrons. The average molecular weight is 283 g/mol. The highest BCUT2D eigenvalue weighted by atomic mass is 14.4. The number of aryl methyl sites for hydroxylation is 1. The molecule has 0 saturated heterocycles. The molecule has 0 amide bonds. The molecule has 22 heavy (non-hydrogen) atoms. The number of rotatable bonds is 3. The van der Waals surface area contributed by atoms with Gasteiger partial charge in [-0.2, -0.15) is 5.26 Å². The minimum atomic E-state index is -0.782. The lowest BCUT2D eigenvalue weighted by Gasteiger charge is -2.28. The zero-order chi connectivity index (χ0) is 15.4. The first-order valence-corrected chi connectivity index (χ1v) is 7.37. The minimum absolute atomic E-state index is 0.782. The molecule has 0 spiro atoms. The van der Waals surface area contributed by atoms with Gasteiger partial charge in [0.1, 0.15) is 5.41 Å². The molecule has 3 aromatic rings. The molecular weight excluding hydrogens is 266 g/mol. The molecule has 0 aromatic heterocycles. The first-order valence-electron chi connectivity index (χ1n) is 7.37. The molecule has 0 N–H and O–H groups in total. The van der Waals surface area contributed by atoms with Crippen LogP contribution in [0.1, 0.15) is 22.3 Å². The van der Waals surface area contributed by atoms with E-state index in [1.54, 1.807) is 0 Å². The van der Waals surface area contributed by atoms with Crippen LogP contribution in [0, 0.1) is 18.3 Å². The Morgan fingerprint density at radius 1 is 0.636 bits per heavy atom. The fourth-order valence-corrected chi connectivity index (χ4v) is 2.87. The lowest BCUT2D eigenvalue weighted by molar-refractivity contribution is 0.794. The van der Waals surface area contributed by atoms with E-state index in [1.807, 2.05) is 60.7 Å². The Labute approximate surface area is 131 Å². The SMILES string of the molecule is Cc1ccc(C(C#N)(c2ccccc2)c2ccccc2)cc1. The first-order chi connectivity index (χ1) is 10.8. The van der Waals surface area contributed by atoms with Crippen LogP contribution < -0.4 is 0 Å². The van der Waals surface area contributed by atoms with Crippen molar-refractivity contribution in [3.05, 3.63) is 107 Å². The monoisotopic (exact) mass is 283 g/mol. The summed E-state index contributed by atoms with van der Waals surface area (Å²) in [6.45, 7) is 2.06. The Hall–Kier alpha value is -2.85. The average Bonchev–Trinajstić information content (AvgIpc) is 2.59. The van der Waals surface area contributed by atoms with Gasteiger partial charge in [-0.15, -0.1) is 0 Å². The van der Waals surface area contributed by atoms with Gasteiger partial charge >= 0.3 is 0 Å². The summed E-state index contributed by atoms with van der Waals surface area (Å²) in [6, 6.07) is 30.8. The van der Waals surface area contributed by atoms with E-state index in [0.29, 0.717) is 0 Å². The lowest BCUT2D eigenvalue weighted by Crippen LogP contribution is -2.27. The molecule has 1 heteroatoms. The van der Waals surface area contributed by atoms with E-state index in [-0.39, 0.29) is 0 Å². The van der Waals surface area contributed by atoms with E-state index in [1.165, 1.54) is 5.56 Å². The molecule has 1 nitrogen and oxygen atoms in total. The molecule has 106 valence electrons. The Morgan fingerprint density at radius 3 is 1.45 bits per heavy atom. The van der Waals surface area contributed by atoms with Gasteiger partial charge in [0, 0.05) is 0 Å². The van der Waals surface area contributed by atoms with Crippen molar-refractivity contribution in [3.8, 4) is 6.07 Å². The molecule has 0 atom stereocenters. The summed E-state index contributed by atoms with van der Waals surface area (Å²) in [5.41, 5.74) is 3.39. The van der Waals surface area contributed by atoms with Crippen LogP contribution in [0.2, 0.25) is 0 Å². The van der Waals surface area contributed by atoms with Crippen molar-refractivity contribution in [2.75, 3.05) is 0 Å². The quantitative estimate of drug-likeness (QED) is 0.630. The van der Waals surface area contributed by atoms with Crippen LogP contribution >= 0.6 is 0 Å². The highest BCUT2D eigenvalue weighted by Gasteiger charge is 2.36. The van der Waals surface area contributed by atoms with Gasteiger partial charge in [0.2, 0.25) is 0 Å². The molecule has 3 rings (SSSR count). The number of benzene rings is 3. The molecule has 0 aliphatic heterocycles. The zero-order valence-electron chi connectivity index (χ0n) is 12.5. The van der Waals surface area contributed by atoms with E-state index in [9.17, 15) is 5.26 Å². The van der Waals surface area contributed by atoms with Gasteiger partial charge in [-0.1, -0.05) is 90.5 Å². The second-order valence-electron chi connectivity index (χ2n) is 5.46. The van der Waals surface area contributed by atoms with Gasteiger partial charge in [-0.25, -0.2) is 0 Å². The number of hydrogen-bond acceptors (Lipinski definition) is 1. The second kappa shape index (κ2) is 5.87. The van der Waals surface area contributed by atoms with Crippen molar-refractivity contribution in [1.82, 2.24) is 0 Å². The fraction of sp³-hybridized carbons (Fsp3) is 0.0952.